The molecule has 4 aromatic rings. The predicted molar refractivity (Wildman–Crippen MR) is 163 cm³/mol. The molecule has 1 amide bonds. The van der Waals surface area contributed by atoms with Crippen LogP contribution in [0.5, 0.6) is 11.5 Å². The van der Waals surface area contributed by atoms with Gasteiger partial charge in [-0.3, -0.25) is 19.1 Å². The van der Waals surface area contributed by atoms with E-state index in [2.05, 4.69) is 26.2 Å². The van der Waals surface area contributed by atoms with Crippen LogP contribution in [0.15, 0.2) is 83.5 Å². The van der Waals surface area contributed by atoms with E-state index in [9.17, 15) is 14.4 Å². The minimum absolute atomic E-state index is 0.136. The molecule has 0 atom stereocenters. The van der Waals surface area contributed by atoms with Gasteiger partial charge in [-0.2, -0.15) is 0 Å². The number of aromatic nitrogens is 3. The molecule has 212 valence electrons. The van der Waals surface area contributed by atoms with Gasteiger partial charge in [0.2, 0.25) is 0 Å². The summed E-state index contributed by atoms with van der Waals surface area (Å²) in [5.74, 6) is -0.244. The predicted octanol–water partition coefficient (Wildman–Crippen LogP) is 5.81. The van der Waals surface area contributed by atoms with Crippen LogP contribution in [0.3, 0.4) is 0 Å². The SMILES string of the molecule is COc1cc(/C=C/C(=O)/C=C/c2ccc(Cl)cc2)ccc1OCc1cn(CCN2C(=O)C(=O)c3cc(Br)ccc32)nn1. The van der Waals surface area contributed by atoms with E-state index in [0.29, 0.717) is 40.0 Å². The second-order valence-corrected chi connectivity index (χ2v) is 10.6. The molecule has 0 spiro atoms. The first-order valence-corrected chi connectivity index (χ1v) is 14.0. The van der Waals surface area contributed by atoms with Crippen molar-refractivity contribution >= 4 is 62.8 Å². The minimum atomic E-state index is -0.559. The minimum Gasteiger partial charge on any atom is -0.493 e. The number of Topliss-reactive ketones (excluding diaryl/α,β-unsaturated/α-hetero) is 1. The van der Waals surface area contributed by atoms with Crippen molar-refractivity contribution in [3.63, 3.8) is 0 Å². The summed E-state index contributed by atoms with van der Waals surface area (Å²) in [4.78, 5) is 38.5. The van der Waals surface area contributed by atoms with Crippen molar-refractivity contribution in [2.24, 2.45) is 0 Å². The van der Waals surface area contributed by atoms with E-state index in [-0.39, 0.29) is 18.9 Å². The summed E-state index contributed by atoms with van der Waals surface area (Å²) in [6.45, 7) is 0.752. The molecule has 1 aliphatic rings. The van der Waals surface area contributed by atoms with Gasteiger partial charge in [-0.15, -0.1) is 5.10 Å². The van der Waals surface area contributed by atoms with Crippen LogP contribution in [0.25, 0.3) is 12.2 Å². The first kappa shape index (κ1) is 29.0. The number of rotatable bonds is 11. The zero-order chi connectivity index (χ0) is 29.6. The number of ether oxygens (including phenoxy) is 2. The second-order valence-electron chi connectivity index (χ2n) is 9.24. The Labute approximate surface area is 255 Å². The van der Waals surface area contributed by atoms with Crippen LogP contribution < -0.4 is 14.4 Å². The second kappa shape index (κ2) is 13.0. The molecule has 0 unspecified atom stereocenters. The lowest BCUT2D eigenvalue weighted by Crippen LogP contribution is -2.32. The third kappa shape index (κ3) is 6.84. The molecule has 0 fully saturated rings. The number of allylic oxidation sites excluding steroid dienone is 2. The molecule has 0 bridgehead atoms. The maximum atomic E-state index is 12.5. The zero-order valence-electron chi connectivity index (χ0n) is 22.4. The Hall–Kier alpha value is -4.54. The van der Waals surface area contributed by atoms with Crippen molar-refractivity contribution in [2.75, 3.05) is 18.6 Å². The van der Waals surface area contributed by atoms with Crippen molar-refractivity contribution in [3.05, 3.63) is 111 Å². The molecule has 0 aliphatic carbocycles. The number of carbonyl (C=O) groups is 3. The normalized spacial score (nSPS) is 12.9. The summed E-state index contributed by atoms with van der Waals surface area (Å²) >= 11 is 9.22. The van der Waals surface area contributed by atoms with Crippen LogP contribution in [0.1, 0.15) is 27.2 Å². The first-order chi connectivity index (χ1) is 20.3. The molecule has 1 aromatic heterocycles. The summed E-state index contributed by atoms with van der Waals surface area (Å²) in [6, 6.07) is 17.7. The van der Waals surface area contributed by atoms with Gasteiger partial charge in [-0.1, -0.05) is 63.1 Å². The number of ketones is 2. The van der Waals surface area contributed by atoms with Gasteiger partial charge in [0, 0.05) is 16.0 Å². The van der Waals surface area contributed by atoms with Crippen molar-refractivity contribution < 1.29 is 23.9 Å². The molecule has 5 rings (SSSR count). The van der Waals surface area contributed by atoms with Crippen LogP contribution >= 0.6 is 27.5 Å². The molecule has 9 nitrogen and oxygen atoms in total. The first-order valence-electron chi connectivity index (χ1n) is 12.8. The topological polar surface area (TPSA) is 104 Å². The molecular weight excluding hydrogens is 624 g/mol. The molecule has 0 radical (unpaired) electrons. The standard InChI is InChI=1S/C31H24BrClN4O5/c1-41-29-16-21(5-11-25(38)10-4-20-2-8-23(33)9-3-20)6-13-28(29)42-19-24-18-36(35-34-24)14-15-37-27-12-7-22(32)17-26(27)30(39)31(37)40/h2-13,16-18H,14-15,19H2,1H3/b10-4+,11-5+. The molecule has 0 saturated heterocycles. The van der Waals surface area contributed by atoms with Gasteiger partial charge in [0.05, 0.1) is 31.1 Å². The maximum Gasteiger partial charge on any atom is 0.299 e. The lowest BCUT2D eigenvalue weighted by molar-refractivity contribution is -0.114. The maximum absolute atomic E-state index is 12.5. The Kier molecular flexibility index (Phi) is 8.94. The van der Waals surface area contributed by atoms with Crippen LogP contribution in [-0.2, 0) is 22.7 Å². The Morgan fingerprint density at radius 1 is 0.952 bits per heavy atom. The Balaban J connectivity index is 1.15. The van der Waals surface area contributed by atoms with E-state index in [1.165, 1.54) is 24.2 Å². The molecular formula is C31H24BrClN4O5. The van der Waals surface area contributed by atoms with Crippen molar-refractivity contribution in [3.8, 4) is 11.5 Å². The molecule has 1 aliphatic heterocycles. The molecule has 2 heterocycles. The van der Waals surface area contributed by atoms with E-state index in [1.54, 1.807) is 65.5 Å². The van der Waals surface area contributed by atoms with E-state index >= 15 is 0 Å². The molecule has 0 N–H and O–H groups in total. The number of hydrogen-bond donors (Lipinski definition) is 0. The largest absolute Gasteiger partial charge is 0.493 e. The van der Waals surface area contributed by atoms with Gasteiger partial charge in [0.15, 0.2) is 17.3 Å². The summed E-state index contributed by atoms with van der Waals surface area (Å²) in [5, 5.41) is 8.89. The quantitative estimate of drug-likeness (QED) is 0.150. The Morgan fingerprint density at radius 3 is 2.45 bits per heavy atom. The number of methoxy groups -OCH3 is 1. The number of anilines is 1. The lowest BCUT2D eigenvalue weighted by atomic mass is 10.1. The average Bonchev–Trinajstić information content (AvgIpc) is 3.55. The van der Waals surface area contributed by atoms with Gasteiger partial charge in [-0.25, -0.2) is 0 Å². The number of halogens is 2. The monoisotopic (exact) mass is 646 g/mol. The van der Waals surface area contributed by atoms with Gasteiger partial charge in [-0.05, 0) is 65.7 Å². The van der Waals surface area contributed by atoms with Crippen LogP contribution in [-0.4, -0.2) is 46.1 Å². The fourth-order valence-corrected chi connectivity index (χ4v) is 4.74. The van der Waals surface area contributed by atoms with Crippen LogP contribution in [0, 0.1) is 0 Å². The van der Waals surface area contributed by atoms with Crippen LogP contribution in [0.2, 0.25) is 5.02 Å². The molecule has 0 saturated carbocycles. The van der Waals surface area contributed by atoms with Gasteiger partial charge in [0.25, 0.3) is 11.7 Å². The van der Waals surface area contributed by atoms with Gasteiger partial charge >= 0.3 is 0 Å². The fourth-order valence-electron chi connectivity index (χ4n) is 4.26. The third-order valence-electron chi connectivity index (χ3n) is 6.39. The van der Waals surface area contributed by atoms with E-state index in [4.69, 9.17) is 21.1 Å². The van der Waals surface area contributed by atoms with Gasteiger partial charge < -0.3 is 14.4 Å². The number of nitrogens with zero attached hydrogens (tertiary/aromatic N) is 4. The highest BCUT2D eigenvalue weighted by Gasteiger charge is 2.35. The zero-order valence-corrected chi connectivity index (χ0v) is 24.7. The smallest absolute Gasteiger partial charge is 0.299 e. The molecule has 3 aromatic carbocycles. The number of hydrogen-bond acceptors (Lipinski definition) is 7. The number of carbonyl (C=O) groups excluding carboxylic acids is 3. The summed E-state index contributed by atoms with van der Waals surface area (Å²) in [7, 11) is 1.53. The van der Waals surface area contributed by atoms with Crippen LogP contribution in [0.4, 0.5) is 5.69 Å². The van der Waals surface area contributed by atoms with Crippen molar-refractivity contribution in [1.82, 2.24) is 15.0 Å². The lowest BCUT2D eigenvalue weighted by Gasteiger charge is -2.16. The Morgan fingerprint density at radius 2 is 1.69 bits per heavy atom. The highest BCUT2D eigenvalue weighted by atomic mass is 79.9. The number of benzene rings is 3. The van der Waals surface area contributed by atoms with Gasteiger partial charge in [0.1, 0.15) is 12.3 Å². The molecule has 11 heteroatoms. The molecule has 42 heavy (non-hydrogen) atoms. The highest BCUT2D eigenvalue weighted by molar-refractivity contribution is 9.10. The number of fused-ring (bicyclic) bond motifs is 1. The highest BCUT2D eigenvalue weighted by Crippen LogP contribution is 2.31. The fraction of sp³-hybridized carbons (Fsp3) is 0.129. The average molecular weight is 648 g/mol. The van der Waals surface area contributed by atoms with Crippen molar-refractivity contribution in [2.45, 2.75) is 13.2 Å². The van der Waals surface area contributed by atoms with E-state index in [0.717, 1.165) is 15.6 Å². The summed E-state index contributed by atoms with van der Waals surface area (Å²) in [5.41, 5.74) is 3.19. The number of amides is 1. The summed E-state index contributed by atoms with van der Waals surface area (Å²) < 4.78 is 13.7. The third-order valence-corrected chi connectivity index (χ3v) is 7.13. The summed E-state index contributed by atoms with van der Waals surface area (Å²) in [6.07, 6.45) is 8.10. The van der Waals surface area contributed by atoms with E-state index < -0.39 is 11.7 Å². The Bertz CT molecular complexity index is 1710. The van der Waals surface area contributed by atoms with Crippen molar-refractivity contribution in [1.29, 1.82) is 0 Å². The van der Waals surface area contributed by atoms with E-state index in [1.807, 2.05) is 18.2 Å².